The van der Waals surface area contributed by atoms with Gasteiger partial charge in [-0.3, -0.25) is 0 Å². The monoisotopic (exact) mass is 343 g/mol. The number of anilines is 1. The number of para-hydroxylation sites is 1. The van der Waals surface area contributed by atoms with Crippen molar-refractivity contribution in [3.8, 4) is 5.75 Å². The van der Waals surface area contributed by atoms with E-state index in [0.29, 0.717) is 25.2 Å². The molecule has 5 nitrogen and oxygen atoms in total. The maximum Gasteiger partial charge on any atom is 0.317 e. The van der Waals surface area contributed by atoms with E-state index in [1.54, 1.807) is 17.0 Å². The molecule has 2 amide bonds. The number of piperazine rings is 1. The van der Waals surface area contributed by atoms with Crippen LogP contribution >= 0.6 is 0 Å². The molecular formula is C19H22FN3O2. The number of hydrogen-bond donors (Lipinski definition) is 1. The van der Waals surface area contributed by atoms with Crippen LogP contribution in [0.2, 0.25) is 0 Å². The molecule has 6 heteroatoms. The van der Waals surface area contributed by atoms with Crippen LogP contribution in [0, 0.1) is 5.82 Å². The highest BCUT2D eigenvalue weighted by Crippen LogP contribution is 2.18. The van der Waals surface area contributed by atoms with Gasteiger partial charge in [0.1, 0.15) is 0 Å². The summed E-state index contributed by atoms with van der Waals surface area (Å²) in [7, 11) is 1.43. The summed E-state index contributed by atoms with van der Waals surface area (Å²) in [6.07, 6.45) is 0. The minimum absolute atomic E-state index is 0.121. The highest BCUT2D eigenvalue weighted by Gasteiger charge is 2.21. The van der Waals surface area contributed by atoms with Crippen LogP contribution in [0.1, 0.15) is 5.56 Å². The van der Waals surface area contributed by atoms with Gasteiger partial charge in [0.05, 0.1) is 7.11 Å². The van der Waals surface area contributed by atoms with Crippen LogP contribution in [0.3, 0.4) is 0 Å². The van der Waals surface area contributed by atoms with E-state index in [9.17, 15) is 9.18 Å². The molecule has 0 bridgehead atoms. The molecule has 1 aliphatic rings. The lowest BCUT2D eigenvalue weighted by molar-refractivity contribution is 0.194. The van der Waals surface area contributed by atoms with Crippen molar-refractivity contribution in [2.24, 2.45) is 0 Å². The molecule has 0 atom stereocenters. The van der Waals surface area contributed by atoms with Crippen molar-refractivity contribution in [2.75, 3.05) is 38.2 Å². The largest absolute Gasteiger partial charge is 0.494 e. The summed E-state index contributed by atoms with van der Waals surface area (Å²) in [4.78, 5) is 16.4. The molecule has 1 fully saturated rings. The maximum absolute atomic E-state index is 13.7. The average molecular weight is 343 g/mol. The van der Waals surface area contributed by atoms with E-state index in [2.05, 4.69) is 22.3 Å². The standard InChI is InChI=1S/C19H22FN3O2/c1-25-18-8-7-15(13-17(18)20)14-21-19(24)23-11-9-22(10-12-23)16-5-3-2-4-6-16/h2-8,13H,9-12,14H2,1H3,(H,21,24). The maximum atomic E-state index is 13.7. The molecule has 3 rings (SSSR count). The number of methoxy groups -OCH3 is 1. The lowest BCUT2D eigenvalue weighted by Crippen LogP contribution is -2.51. The Morgan fingerprint density at radius 1 is 1.12 bits per heavy atom. The van der Waals surface area contributed by atoms with Gasteiger partial charge in [0.25, 0.3) is 0 Å². The van der Waals surface area contributed by atoms with E-state index in [1.807, 2.05) is 18.2 Å². The van der Waals surface area contributed by atoms with Gasteiger partial charge in [-0.15, -0.1) is 0 Å². The van der Waals surface area contributed by atoms with Crippen molar-refractivity contribution in [1.82, 2.24) is 10.2 Å². The number of ether oxygens (including phenoxy) is 1. The summed E-state index contributed by atoms with van der Waals surface area (Å²) < 4.78 is 18.6. The van der Waals surface area contributed by atoms with E-state index >= 15 is 0 Å². The number of urea groups is 1. The highest BCUT2D eigenvalue weighted by atomic mass is 19.1. The molecule has 1 N–H and O–H groups in total. The Morgan fingerprint density at radius 2 is 1.84 bits per heavy atom. The summed E-state index contributed by atoms with van der Waals surface area (Å²) in [5.41, 5.74) is 1.88. The lowest BCUT2D eigenvalue weighted by atomic mass is 10.2. The molecule has 0 aromatic heterocycles. The molecule has 0 radical (unpaired) electrons. The van der Waals surface area contributed by atoms with Gasteiger partial charge in [0.2, 0.25) is 0 Å². The summed E-state index contributed by atoms with van der Waals surface area (Å²) in [6.45, 7) is 3.22. The minimum Gasteiger partial charge on any atom is -0.494 e. The number of amides is 2. The third-order valence-corrected chi connectivity index (χ3v) is 4.35. The first kappa shape index (κ1) is 17.1. The van der Waals surface area contributed by atoms with Crippen molar-refractivity contribution in [3.05, 3.63) is 59.9 Å². The zero-order valence-corrected chi connectivity index (χ0v) is 14.2. The molecule has 0 unspecified atom stereocenters. The van der Waals surface area contributed by atoms with Crippen LogP contribution in [0.15, 0.2) is 48.5 Å². The van der Waals surface area contributed by atoms with E-state index in [-0.39, 0.29) is 11.8 Å². The average Bonchev–Trinajstić information content (AvgIpc) is 2.67. The second-order valence-corrected chi connectivity index (χ2v) is 5.94. The molecule has 25 heavy (non-hydrogen) atoms. The Balaban J connectivity index is 1.49. The van der Waals surface area contributed by atoms with Crippen LogP contribution in [0.5, 0.6) is 5.75 Å². The molecule has 0 aliphatic carbocycles. The zero-order valence-electron chi connectivity index (χ0n) is 14.2. The van der Waals surface area contributed by atoms with Gasteiger partial charge < -0.3 is 19.9 Å². The Labute approximate surface area is 147 Å². The Hall–Kier alpha value is -2.76. The van der Waals surface area contributed by atoms with Gasteiger partial charge in [-0.2, -0.15) is 0 Å². The number of carbonyl (C=O) groups excluding carboxylic acids is 1. The topological polar surface area (TPSA) is 44.8 Å². The fraction of sp³-hybridized carbons (Fsp3) is 0.316. The molecule has 1 heterocycles. The van der Waals surface area contributed by atoms with Crippen molar-refractivity contribution in [1.29, 1.82) is 0 Å². The van der Waals surface area contributed by atoms with Gasteiger partial charge in [-0.25, -0.2) is 9.18 Å². The van der Waals surface area contributed by atoms with E-state index in [4.69, 9.17) is 4.74 Å². The van der Waals surface area contributed by atoms with E-state index < -0.39 is 5.82 Å². The Morgan fingerprint density at radius 3 is 2.48 bits per heavy atom. The lowest BCUT2D eigenvalue weighted by Gasteiger charge is -2.36. The van der Waals surface area contributed by atoms with Crippen LogP contribution in [-0.2, 0) is 6.54 Å². The van der Waals surface area contributed by atoms with Gasteiger partial charge in [0.15, 0.2) is 11.6 Å². The Bertz CT molecular complexity index is 716. The summed E-state index contributed by atoms with van der Waals surface area (Å²) >= 11 is 0. The molecule has 0 spiro atoms. The number of halogens is 1. The first-order valence-electron chi connectivity index (χ1n) is 8.32. The van der Waals surface area contributed by atoms with Crippen molar-refractivity contribution in [2.45, 2.75) is 6.54 Å². The first-order chi connectivity index (χ1) is 12.2. The normalized spacial score (nSPS) is 14.3. The molecule has 132 valence electrons. The quantitative estimate of drug-likeness (QED) is 0.928. The molecule has 0 saturated carbocycles. The van der Waals surface area contributed by atoms with Crippen molar-refractivity contribution >= 4 is 11.7 Å². The molecule has 2 aromatic rings. The predicted molar refractivity (Wildman–Crippen MR) is 95.4 cm³/mol. The summed E-state index contributed by atoms with van der Waals surface area (Å²) in [6, 6.07) is 14.8. The van der Waals surface area contributed by atoms with Gasteiger partial charge in [0, 0.05) is 38.4 Å². The minimum atomic E-state index is -0.425. The first-order valence-corrected chi connectivity index (χ1v) is 8.32. The molecule has 2 aromatic carbocycles. The van der Waals surface area contributed by atoms with E-state index in [1.165, 1.54) is 18.9 Å². The van der Waals surface area contributed by atoms with Gasteiger partial charge in [-0.05, 0) is 29.8 Å². The number of rotatable bonds is 4. The number of nitrogens with zero attached hydrogens (tertiary/aromatic N) is 2. The summed E-state index contributed by atoms with van der Waals surface area (Å²) in [5.74, 6) is -0.224. The van der Waals surface area contributed by atoms with Crippen LogP contribution in [0.25, 0.3) is 0 Å². The number of benzene rings is 2. The second kappa shape index (κ2) is 7.88. The van der Waals surface area contributed by atoms with Crippen LogP contribution < -0.4 is 15.0 Å². The predicted octanol–water partition coefficient (Wildman–Crippen LogP) is 2.87. The fourth-order valence-corrected chi connectivity index (χ4v) is 2.92. The number of nitrogens with one attached hydrogen (secondary N) is 1. The third-order valence-electron chi connectivity index (χ3n) is 4.35. The second-order valence-electron chi connectivity index (χ2n) is 5.94. The van der Waals surface area contributed by atoms with Crippen LogP contribution in [-0.4, -0.2) is 44.2 Å². The smallest absolute Gasteiger partial charge is 0.317 e. The molecular weight excluding hydrogens is 321 g/mol. The van der Waals surface area contributed by atoms with Crippen molar-refractivity contribution < 1.29 is 13.9 Å². The zero-order chi connectivity index (χ0) is 17.6. The third kappa shape index (κ3) is 4.21. The Kier molecular flexibility index (Phi) is 5.38. The van der Waals surface area contributed by atoms with Gasteiger partial charge >= 0.3 is 6.03 Å². The number of carbonyl (C=O) groups is 1. The summed E-state index contributed by atoms with van der Waals surface area (Å²) in [5, 5.41) is 2.85. The van der Waals surface area contributed by atoms with Gasteiger partial charge in [-0.1, -0.05) is 24.3 Å². The molecule has 1 aliphatic heterocycles. The highest BCUT2D eigenvalue weighted by molar-refractivity contribution is 5.74. The fourth-order valence-electron chi connectivity index (χ4n) is 2.92. The van der Waals surface area contributed by atoms with E-state index in [0.717, 1.165) is 13.1 Å². The number of hydrogen-bond acceptors (Lipinski definition) is 3. The SMILES string of the molecule is COc1ccc(CNC(=O)N2CCN(c3ccccc3)CC2)cc1F. The molecule has 1 saturated heterocycles. The van der Waals surface area contributed by atoms with Crippen molar-refractivity contribution in [3.63, 3.8) is 0 Å². The van der Waals surface area contributed by atoms with Crippen LogP contribution in [0.4, 0.5) is 14.9 Å².